The van der Waals surface area contributed by atoms with Crippen LogP contribution in [0.25, 0.3) is 11.3 Å². The van der Waals surface area contributed by atoms with Gasteiger partial charge in [0.1, 0.15) is 10.7 Å². The van der Waals surface area contributed by atoms with Gasteiger partial charge in [-0.1, -0.05) is 29.8 Å². The van der Waals surface area contributed by atoms with Crippen LogP contribution in [-0.2, 0) is 14.8 Å². The van der Waals surface area contributed by atoms with Gasteiger partial charge in [-0.3, -0.25) is 9.59 Å². The molecule has 9 nitrogen and oxygen atoms in total. The highest BCUT2D eigenvalue weighted by Gasteiger charge is 2.23. The summed E-state index contributed by atoms with van der Waals surface area (Å²) in [6, 6.07) is 10.9. The zero-order valence-corrected chi connectivity index (χ0v) is 20.6. The molecule has 184 valence electrons. The lowest BCUT2D eigenvalue weighted by Crippen LogP contribution is -2.32. The molecule has 0 unspecified atom stereocenters. The van der Waals surface area contributed by atoms with Crippen molar-refractivity contribution in [3.05, 3.63) is 65.7 Å². The zero-order chi connectivity index (χ0) is 25.8. The molecule has 0 radical (unpaired) electrons. The first-order valence-corrected chi connectivity index (χ1v) is 12.4. The number of aryl methyl sites for hydroxylation is 1. The number of sulfonamides is 1. The molecule has 0 atom stereocenters. The second kappa shape index (κ2) is 10.6. The Bertz CT molecular complexity index is 1360. The van der Waals surface area contributed by atoms with Gasteiger partial charge in [-0.25, -0.2) is 27.5 Å². The van der Waals surface area contributed by atoms with E-state index >= 15 is 0 Å². The number of carbonyl (C=O) groups is 2. The summed E-state index contributed by atoms with van der Waals surface area (Å²) in [4.78, 5) is 34.1. The minimum Gasteiger partial charge on any atom is -0.338 e. The third kappa shape index (κ3) is 5.99. The number of aromatic nitrogens is 2. The van der Waals surface area contributed by atoms with Crippen LogP contribution in [0.15, 0.2) is 53.6 Å². The smallest absolute Gasteiger partial charge is 0.276 e. The Hall–Kier alpha value is -3.86. The summed E-state index contributed by atoms with van der Waals surface area (Å²) in [5.41, 5.74) is 2.54. The summed E-state index contributed by atoms with van der Waals surface area (Å²) in [7, 11) is -4.35. The van der Waals surface area contributed by atoms with Gasteiger partial charge in [0.15, 0.2) is 11.5 Å². The van der Waals surface area contributed by atoms with E-state index in [2.05, 4.69) is 15.3 Å². The molecular weight excluding hydrogens is 473 g/mol. The third-order valence-electron chi connectivity index (χ3n) is 5.14. The Kier molecular flexibility index (Phi) is 7.80. The SMILES string of the molecule is CCN(CC)C(=O)c1nc(-c2ccc(C)cc2)cnc1Nc1ccc(S(=O)(=O)NC(C)=O)c(F)c1. The first kappa shape index (κ1) is 25.8. The molecular formula is C24H26FN5O4S. The van der Waals surface area contributed by atoms with Gasteiger partial charge in [-0.2, -0.15) is 0 Å². The summed E-state index contributed by atoms with van der Waals surface area (Å²) < 4.78 is 40.6. The fraction of sp³-hybridized carbons (Fsp3) is 0.250. The average molecular weight is 500 g/mol. The summed E-state index contributed by atoms with van der Waals surface area (Å²) in [5, 5.41) is 2.86. The molecule has 1 heterocycles. The molecule has 35 heavy (non-hydrogen) atoms. The van der Waals surface area contributed by atoms with E-state index in [1.165, 1.54) is 12.3 Å². The molecule has 2 N–H and O–H groups in total. The van der Waals surface area contributed by atoms with Crippen molar-refractivity contribution in [2.24, 2.45) is 0 Å². The summed E-state index contributed by atoms with van der Waals surface area (Å²) in [6.07, 6.45) is 1.50. The molecule has 0 spiro atoms. The van der Waals surface area contributed by atoms with Crippen molar-refractivity contribution in [1.82, 2.24) is 19.6 Å². The van der Waals surface area contributed by atoms with E-state index in [1.807, 2.05) is 45.0 Å². The largest absolute Gasteiger partial charge is 0.338 e. The molecule has 0 saturated heterocycles. The van der Waals surface area contributed by atoms with Crippen LogP contribution in [0, 0.1) is 12.7 Å². The van der Waals surface area contributed by atoms with E-state index in [0.29, 0.717) is 18.8 Å². The van der Waals surface area contributed by atoms with Crippen molar-refractivity contribution < 1.29 is 22.4 Å². The van der Waals surface area contributed by atoms with Crippen molar-refractivity contribution in [3.8, 4) is 11.3 Å². The molecule has 3 rings (SSSR count). The highest BCUT2D eigenvalue weighted by atomic mass is 32.2. The van der Waals surface area contributed by atoms with Gasteiger partial charge < -0.3 is 10.2 Å². The standard InChI is InChI=1S/C24H26FN5O4S/c1-5-30(6-2)24(32)22-23(26-14-20(28-22)17-9-7-15(3)8-10-17)27-18-11-12-21(19(25)13-18)35(33,34)29-16(4)31/h7-14H,5-6H2,1-4H3,(H,26,27)(H,29,31). The summed E-state index contributed by atoms with van der Waals surface area (Å²) in [6.45, 7) is 7.57. The maximum atomic E-state index is 14.6. The van der Waals surface area contributed by atoms with E-state index in [4.69, 9.17) is 0 Å². The molecule has 0 saturated carbocycles. The molecule has 0 aliphatic heterocycles. The topological polar surface area (TPSA) is 121 Å². The molecule has 0 aliphatic carbocycles. The molecule has 0 bridgehead atoms. The predicted octanol–water partition coefficient (Wildman–Crippen LogP) is 3.64. The number of anilines is 2. The minimum absolute atomic E-state index is 0.0436. The predicted molar refractivity (Wildman–Crippen MR) is 130 cm³/mol. The summed E-state index contributed by atoms with van der Waals surface area (Å²) >= 11 is 0. The minimum atomic E-state index is -4.35. The van der Waals surface area contributed by atoms with Crippen LogP contribution >= 0.6 is 0 Å². The number of nitrogens with one attached hydrogen (secondary N) is 2. The number of hydrogen-bond acceptors (Lipinski definition) is 7. The Morgan fingerprint density at radius 1 is 1.06 bits per heavy atom. The van der Waals surface area contributed by atoms with E-state index < -0.39 is 26.6 Å². The van der Waals surface area contributed by atoms with Crippen LogP contribution in [0.4, 0.5) is 15.9 Å². The number of benzene rings is 2. The number of halogens is 1. The van der Waals surface area contributed by atoms with Crippen molar-refractivity contribution in [1.29, 1.82) is 0 Å². The van der Waals surface area contributed by atoms with Crippen LogP contribution in [-0.4, -0.2) is 48.2 Å². The van der Waals surface area contributed by atoms with Gasteiger partial charge in [0.2, 0.25) is 5.91 Å². The highest BCUT2D eigenvalue weighted by Crippen LogP contribution is 2.26. The number of carbonyl (C=O) groups excluding carboxylic acids is 2. The van der Waals surface area contributed by atoms with E-state index in [1.54, 1.807) is 9.62 Å². The Balaban J connectivity index is 2.02. The van der Waals surface area contributed by atoms with Crippen LogP contribution < -0.4 is 10.0 Å². The monoisotopic (exact) mass is 499 g/mol. The van der Waals surface area contributed by atoms with Crippen LogP contribution in [0.3, 0.4) is 0 Å². The lowest BCUT2D eigenvalue weighted by Gasteiger charge is -2.20. The van der Waals surface area contributed by atoms with Gasteiger partial charge in [0, 0.05) is 31.3 Å². The van der Waals surface area contributed by atoms with Crippen LogP contribution in [0.5, 0.6) is 0 Å². The van der Waals surface area contributed by atoms with Crippen molar-refractivity contribution in [3.63, 3.8) is 0 Å². The number of amides is 2. The number of nitrogens with zero attached hydrogens (tertiary/aromatic N) is 3. The molecule has 2 aromatic carbocycles. The van der Waals surface area contributed by atoms with E-state index in [9.17, 15) is 22.4 Å². The van der Waals surface area contributed by atoms with Crippen molar-refractivity contribution in [2.45, 2.75) is 32.6 Å². The second-order valence-electron chi connectivity index (χ2n) is 7.73. The van der Waals surface area contributed by atoms with Crippen molar-refractivity contribution in [2.75, 3.05) is 18.4 Å². The Morgan fingerprint density at radius 3 is 2.29 bits per heavy atom. The molecule has 2 amide bonds. The molecule has 1 aromatic heterocycles. The van der Waals surface area contributed by atoms with Gasteiger partial charge in [-0.05, 0) is 39.0 Å². The molecule has 0 aliphatic rings. The molecule has 3 aromatic rings. The zero-order valence-electron chi connectivity index (χ0n) is 19.8. The first-order chi connectivity index (χ1) is 16.6. The Morgan fingerprint density at radius 2 is 1.71 bits per heavy atom. The maximum absolute atomic E-state index is 14.6. The second-order valence-corrected chi connectivity index (χ2v) is 9.38. The normalized spacial score (nSPS) is 11.1. The van der Waals surface area contributed by atoms with Gasteiger partial charge in [0.25, 0.3) is 15.9 Å². The van der Waals surface area contributed by atoms with Crippen LogP contribution in [0.1, 0.15) is 36.8 Å². The average Bonchev–Trinajstić information content (AvgIpc) is 2.79. The quantitative estimate of drug-likeness (QED) is 0.485. The molecule has 0 fully saturated rings. The molecule has 11 heteroatoms. The number of hydrogen-bond donors (Lipinski definition) is 2. The lowest BCUT2D eigenvalue weighted by molar-refractivity contribution is -0.117. The fourth-order valence-corrected chi connectivity index (χ4v) is 4.38. The van der Waals surface area contributed by atoms with Crippen molar-refractivity contribution >= 4 is 33.3 Å². The maximum Gasteiger partial charge on any atom is 0.276 e. The van der Waals surface area contributed by atoms with Gasteiger partial charge in [0.05, 0.1) is 11.9 Å². The van der Waals surface area contributed by atoms with Crippen LogP contribution in [0.2, 0.25) is 0 Å². The first-order valence-electron chi connectivity index (χ1n) is 10.9. The van der Waals surface area contributed by atoms with E-state index in [0.717, 1.165) is 30.2 Å². The Labute approximate surface area is 203 Å². The number of rotatable bonds is 8. The highest BCUT2D eigenvalue weighted by molar-refractivity contribution is 7.90. The van der Waals surface area contributed by atoms with E-state index in [-0.39, 0.29) is 23.1 Å². The van der Waals surface area contributed by atoms with Gasteiger partial charge in [-0.15, -0.1) is 0 Å². The summed E-state index contributed by atoms with van der Waals surface area (Å²) in [5.74, 6) is -2.18. The fourth-order valence-electron chi connectivity index (χ4n) is 3.33. The third-order valence-corrected chi connectivity index (χ3v) is 6.60. The lowest BCUT2D eigenvalue weighted by atomic mass is 10.1. The van der Waals surface area contributed by atoms with Gasteiger partial charge >= 0.3 is 0 Å².